The van der Waals surface area contributed by atoms with Gasteiger partial charge in [-0.1, -0.05) is 23.7 Å². The highest BCUT2D eigenvalue weighted by atomic mass is 35.5. The fraction of sp³-hybridized carbons (Fsp3) is 0.429. The number of benzene rings is 1. The molecule has 1 unspecified atom stereocenters. The molecular weight excluding hydrogens is 482 g/mol. The number of ether oxygens (including phenoxy) is 2. The van der Waals surface area contributed by atoms with E-state index in [0.717, 1.165) is 24.8 Å². The first-order valence-corrected chi connectivity index (χ1v) is 11.1. The van der Waals surface area contributed by atoms with Gasteiger partial charge in [-0.05, 0) is 37.0 Å². The second-order valence-electron chi connectivity index (χ2n) is 7.44. The van der Waals surface area contributed by atoms with Crippen LogP contribution in [0.1, 0.15) is 28.9 Å². The number of nitrogens with zero attached hydrogens (tertiary/aromatic N) is 3. The van der Waals surface area contributed by atoms with E-state index in [-0.39, 0.29) is 48.3 Å². The molecule has 10 N–H and O–H groups in total. The van der Waals surface area contributed by atoms with E-state index in [9.17, 15) is 9.90 Å². The van der Waals surface area contributed by atoms with Crippen molar-refractivity contribution in [1.29, 1.82) is 0 Å². The Balaban J connectivity index is 1.67. The second kappa shape index (κ2) is 14.2. The number of hydrogen-bond acceptors (Lipinski definition) is 11. The Morgan fingerprint density at radius 1 is 1.06 bits per heavy atom. The molecule has 14 heteroatoms. The molecule has 35 heavy (non-hydrogen) atoms. The molecule has 0 saturated heterocycles. The number of rotatable bonds is 13. The van der Waals surface area contributed by atoms with Crippen LogP contribution in [-0.4, -0.2) is 75.9 Å². The Morgan fingerprint density at radius 2 is 1.77 bits per heavy atom. The number of amides is 1. The number of aryl methyl sites for hydroxylation is 1. The summed E-state index contributed by atoms with van der Waals surface area (Å²) in [5.74, 6) is -0.422. The van der Waals surface area contributed by atoms with E-state index in [0.29, 0.717) is 12.3 Å². The topological polar surface area (TPSA) is 224 Å². The first-order chi connectivity index (χ1) is 16.7. The van der Waals surface area contributed by atoms with Gasteiger partial charge in [-0.25, -0.2) is 9.97 Å². The molecule has 1 amide bonds. The van der Waals surface area contributed by atoms with Crippen LogP contribution >= 0.6 is 11.6 Å². The predicted octanol–water partition coefficient (Wildman–Crippen LogP) is -0.571. The number of nitrogen functional groups attached to an aromatic ring is 2. The molecule has 0 aliphatic carbocycles. The van der Waals surface area contributed by atoms with Gasteiger partial charge in [0, 0.05) is 6.54 Å². The summed E-state index contributed by atoms with van der Waals surface area (Å²) in [6, 6.07) is 7.43. The Morgan fingerprint density at radius 3 is 2.46 bits per heavy atom. The molecule has 0 bridgehead atoms. The Hall–Kier alpha value is -3.23. The smallest absolute Gasteiger partial charge is 0.280 e. The highest BCUT2D eigenvalue weighted by molar-refractivity contribution is 6.31. The van der Waals surface area contributed by atoms with Gasteiger partial charge in [0.15, 0.2) is 34.7 Å². The minimum absolute atomic E-state index is 0.0152. The molecule has 0 spiro atoms. The van der Waals surface area contributed by atoms with Gasteiger partial charge in [0.05, 0.1) is 13.2 Å². The Bertz CT molecular complexity index is 991. The molecule has 1 atom stereocenters. The first kappa shape index (κ1) is 28.0. The van der Waals surface area contributed by atoms with Crippen molar-refractivity contribution in [3.63, 3.8) is 0 Å². The number of halogens is 1. The van der Waals surface area contributed by atoms with Crippen molar-refractivity contribution < 1.29 is 29.6 Å². The molecule has 0 radical (unpaired) electrons. The van der Waals surface area contributed by atoms with E-state index in [1.165, 1.54) is 0 Å². The largest absolute Gasteiger partial charge is 0.491 e. The van der Waals surface area contributed by atoms with Gasteiger partial charge in [0.25, 0.3) is 5.91 Å². The van der Waals surface area contributed by atoms with Crippen molar-refractivity contribution in [3.8, 4) is 5.75 Å². The van der Waals surface area contributed by atoms with Gasteiger partial charge in [-0.2, -0.15) is 0 Å². The molecule has 2 rings (SSSR count). The number of aliphatic imine (C=N–C) groups is 1. The molecular formula is C21H30ClN7O6. The molecule has 0 aliphatic rings. The molecule has 1 aromatic heterocycles. The molecule has 0 fully saturated rings. The van der Waals surface area contributed by atoms with Crippen LogP contribution in [0.25, 0.3) is 0 Å². The highest BCUT2D eigenvalue weighted by Gasteiger charge is 2.16. The third kappa shape index (κ3) is 10.3. The summed E-state index contributed by atoms with van der Waals surface area (Å²) < 4.78 is 10.4. The fourth-order valence-corrected chi connectivity index (χ4v) is 2.89. The maximum atomic E-state index is 12.2. The SMILES string of the molecule is NC(=NCCCCc1ccc(OCC(O)COCC(O)O)cc1)NC(=O)c1nc(Cl)c(N)nc1N. The van der Waals surface area contributed by atoms with E-state index in [2.05, 4.69) is 20.3 Å². The summed E-state index contributed by atoms with van der Waals surface area (Å²) >= 11 is 5.77. The monoisotopic (exact) mass is 511 g/mol. The van der Waals surface area contributed by atoms with Crippen LogP contribution in [0.3, 0.4) is 0 Å². The van der Waals surface area contributed by atoms with E-state index in [4.69, 9.17) is 48.5 Å². The number of anilines is 2. The summed E-state index contributed by atoms with van der Waals surface area (Å²) in [5, 5.41) is 29.4. The minimum atomic E-state index is -1.57. The van der Waals surface area contributed by atoms with Crippen molar-refractivity contribution in [2.45, 2.75) is 31.7 Å². The lowest BCUT2D eigenvalue weighted by Crippen LogP contribution is -2.38. The van der Waals surface area contributed by atoms with Crippen LogP contribution < -0.4 is 27.3 Å². The lowest BCUT2D eigenvalue weighted by Gasteiger charge is -2.13. The average Bonchev–Trinajstić information content (AvgIpc) is 2.80. The number of nitrogens with one attached hydrogen (secondary N) is 1. The van der Waals surface area contributed by atoms with Crippen LogP contribution in [0.15, 0.2) is 29.3 Å². The summed E-state index contributed by atoms with van der Waals surface area (Å²) in [5.41, 5.74) is 17.8. The highest BCUT2D eigenvalue weighted by Crippen LogP contribution is 2.17. The average molecular weight is 512 g/mol. The standard InChI is InChI=1S/C21H30ClN7O6/c22-17-19(24)28-18(23)16(27-17)20(33)29-21(25)26-8-2-1-3-12-4-6-14(7-5-12)35-10-13(30)9-34-11-15(31)32/h4-7,13,15,30-32H,1-3,8-11H2,(H4,23,24,28)(H3,25,26,29,33). The van der Waals surface area contributed by atoms with Crippen molar-refractivity contribution in [2.75, 3.05) is 37.8 Å². The number of carbonyl (C=O) groups is 1. The molecule has 0 saturated carbocycles. The number of aliphatic hydroxyl groups excluding tert-OH is 2. The fourth-order valence-electron chi connectivity index (χ4n) is 2.77. The van der Waals surface area contributed by atoms with Gasteiger partial charge >= 0.3 is 0 Å². The van der Waals surface area contributed by atoms with E-state index in [1.54, 1.807) is 12.1 Å². The summed E-state index contributed by atoms with van der Waals surface area (Å²) in [4.78, 5) is 23.8. The van der Waals surface area contributed by atoms with Crippen LogP contribution in [0.5, 0.6) is 5.75 Å². The zero-order valence-corrected chi connectivity index (χ0v) is 19.7. The third-order valence-electron chi connectivity index (χ3n) is 4.46. The van der Waals surface area contributed by atoms with Crippen molar-refractivity contribution in [3.05, 3.63) is 40.7 Å². The molecule has 1 aromatic carbocycles. The van der Waals surface area contributed by atoms with E-state index in [1.807, 2.05) is 12.1 Å². The molecule has 0 aliphatic heterocycles. The summed E-state index contributed by atoms with van der Waals surface area (Å²) in [7, 11) is 0. The molecule has 2 aromatic rings. The normalized spacial score (nSPS) is 12.5. The summed E-state index contributed by atoms with van der Waals surface area (Å²) in [6.07, 6.45) is -0.0851. The maximum absolute atomic E-state index is 12.2. The Labute approximate surface area is 206 Å². The van der Waals surface area contributed by atoms with Gasteiger partial charge < -0.3 is 42.0 Å². The number of aromatic nitrogens is 2. The molecule has 192 valence electrons. The quantitative estimate of drug-likeness (QED) is 0.0779. The van der Waals surface area contributed by atoms with Crippen molar-refractivity contribution in [1.82, 2.24) is 15.3 Å². The summed E-state index contributed by atoms with van der Waals surface area (Å²) in [6.45, 7) is 0.0808. The maximum Gasteiger partial charge on any atom is 0.280 e. The second-order valence-corrected chi connectivity index (χ2v) is 7.80. The number of aliphatic hydroxyl groups is 3. The number of unbranched alkanes of at least 4 members (excludes halogenated alkanes) is 1. The first-order valence-electron chi connectivity index (χ1n) is 10.7. The lowest BCUT2D eigenvalue weighted by atomic mass is 10.1. The lowest BCUT2D eigenvalue weighted by molar-refractivity contribution is -0.107. The van der Waals surface area contributed by atoms with Crippen LogP contribution in [0.4, 0.5) is 11.6 Å². The van der Waals surface area contributed by atoms with Crippen LogP contribution in [0.2, 0.25) is 5.15 Å². The number of guanidine groups is 1. The van der Waals surface area contributed by atoms with Crippen molar-refractivity contribution >= 4 is 35.1 Å². The van der Waals surface area contributed by atoms with Crippen LogP contribution in [0, 0.1) is 0 Å². The zero-order chi connectivity index (χ0) is 25.8. The molecule has 1 heterocycles. The zero-order valence-electron chi connectivity index (χ0n) is 18.9. The molecule has 13 nitrogen and oxygen atoms in total. The van der Waals surface area contributed by atoms with E-state index >= 15 is 0 Å². The van der Waals surface area contributed by atoms with E-state index < -0.39 is 18.3 Å². The number of hydrogen-bond donors (Lipinski definition) is 7. The van der Waals surface area contributed by atoms with Gasteiger partial charge in [-0.15, -0.1) is 0 Å². The third-order valence-corrected chi connectivity index (χ3v) is 4.74. The van der Waals surface area contributed by atoms with Gasteiger partial charge in [0.1, 0.15) is 18.5 Å². The predicted molar refractivity (Wildman–Crippen MR) is 130 cm³/mol. The van der Waals surface area contributed by atoms with Gasteiger partial charge in [-0.3, -0.25) is 15.1 Å². The minimum Gasteiger partial charge on any atom is -0.491 e. The van der Waals surface area contributed by atoms with Crippen molar-refractivity contribution in [2.24, 2.45) is 10.7 Å². The Kier molecular flexibility index (Phi) is 11.4. The number of nitrogens with two attached hydrogens (primary N) is 3. The van der Waals surface area contributed by atoms with Gasteiger partial charge in [0.2, 0.25) is 0 Å². The van der Waals surface area contributed by atoms with Crippen LogP contribution in [-0.2, 0) is 11.2 Å². The number of carbonyl (C=O) groups excluding carboxylic acids is 1.